The molecule has 0 saturated carbocycles. The number of aromatic nitrogens is 2. The lowest BCUT2D eigenvalue weighted by atomic mass is 10.0. The second-order valence-electron chi connectivity index (χ2n) is 12.1. The number of hydrogen-bond acceptors (Lipinski definition) is 7. The van der Waals surface area contributed by atoms with Gasteiger partial charge in [0.1, 0.15) is 30.1 Å². The number of benzene rings is 1. The summed E-state index contributed by atoms with van der Waals surface area (Å²) in [6, 6.07) is 10.2. The van der Waals surface area contributed by atoms with Crippen LogP contribution in [0, 0.1) is 0 Å². The van der Waals surface area contributed by atoms with Crippen molar-refractivity contribution >= 4 is 37.0 Å². The molecule has 3 heterocycles. The molecule has 0 radical (unpaired) electrons. The number of nitrogens with zero attached hydrogens (tertiary/aromatic N) is 2. The molecule has 0 bridgehead atoms. The number of unbranched alkanes of at least 4 members (excludes halogenated alkanes) is 2. The zero-order valence-electron chi connectivity index (χ0n) is 24.4. The summed E-state index contributed by atoms with van der Waals surface area (Å²) in [5, 5.41) is 0.689. The molecule has 3 atom stereocenters. The largest absolute Gasteiger partial charge is 0.458 e. The molecule has 0 N–H and O–H groups in total. The van der Waals surface area contributed by atoms with Crippen LogP contribution in [0.4, 0.5) is 0 Å². The van der Waals surface area contributed by atoms with Crippen LogP contribution in [0.1, 0.15) is 65.2 Å². The highest BCUT2D eigenvalue weighted by molar-refractivity contribution is 6.74. The third-order valence-electron chi connectivity index (χ3n) is 8.04. The van der Waals surface area contributed by atoms with E-state index < -0.39 is 38.4 Å². The van der Waals surface area contributed by atoms with Gasteiger partial charge in [0, 0.05) is 18.2 Å². The van der Waals surface area contributed by atoms with Gasteiger partial charge in [-0.05, 0) is 42.6 Å². The first-order chi connectivity index (χ1) is 18.9. The second-order valence-corrected chi connectivity index (χ2v) is 17.1. The summed E-state index contributed by atoms with van der Waals surface area (Å²) < 4.78 is 25.6. The molecular weight excluding hydrogens is 548 g/mol. The lowest BCUT2D eigenvalue weighted by molar-refractivity contribution is -0.149. The van der Waals surface area contributed by atoms with Gasteiger partial charge in [0.05, 0.1) is 12.0 Å². The highest BCUT2D eigenvalue weighted by atomic mass is 35.5. The smallest absolute Gasteiger partial charge is 0.353 e. The van der Waals surface area contributed by atoms with Gasteiger partial charge in [0.25, 0.3) is 0 Å². The third kappa shape index (κ3) is 7.05. The highest BCUT2D eigenvalue weighted by Crippen LogP contribution is 2.38. The van der Waals surface area contributed by atoms with Crippen LogP contribution in [0.15, 0.2) is 45.7 Å². The number of ether oxygens (including phenoxy) is 2. The first-order valence-electron chi connectivity index (χ1n) is 14.1. The van der Waals surface area contributed by atoms with Crippen LogP contribution < -0.4 is 5.69 Å². The number of rotatable bonds is 11. The number of carbonyl (C=O) groups is 1. The molecular formula is C30H41ClN2O6Si. The van der Waals surface area contributed by atoms with E-state index in [0.29, 0.717) is 11.1 Å². The summed E-state index contributed by atoms with van der Waals surface area (Å²) in [6.45, 7) is 13.2. The average molecular weight is 589 g/mol. The standard InChI is InChI=1S/C30H41ClN2O6Si/c1-7-8-9-10-20-11-13-21(14-12-20)23-15-22-18-33(29(35)32-28(22)39-23)26-16-24(38-27(34)17-31)25(37-26)19-36-40(5,6)30(2,3)4/h11-15,18,24-26H,7-10,16-17,19H2,1-6H3. The van der Waals surface area contributed by atoms with E-state index in [0.717, 1.165) is 12.0 Å². The number of alkyl halides is 1. The van der Waals surface area contributed by atoms with Crippen molar-refractivity contribution in [1.29, 1.82) is 0 Å². The molecule has 4 rings (SSSR count). The highest BCUT2D eigenvalue weighted by Gasteiger charge is 2.43. The Kier molecular flexibility index (Phi) is 9.60. The molecule has 0 amide bonds. The Balaban J connectivity index is 1.54. The Bertz CT molecular complexity index is 1360. The van der Waals surface area contributed by atoms with Gasteiger partial charge in [-0.25, -0.2) is 4.79 Å². The molecule has 1 aliphatic rings. The fourth-order valence-electron chi connectivity index (χ4n) is 4.54. The maximum absolute atomic E-state index is 13.0. The lowest BCUT2D eigenvalue weighted by Gasteiger charge is -2.37. The van der Waals surface area contributed by atoms with Gasteiger partial charge in [-0.3, -0.25) is 9.36 Å². The number of furan rings is 1. The van der Waals surface area contributed by atoms with Crippen molar-refractivity contribution < 1.29 is 23.1 Å². The number of esters is 1. The Morgan fingerprint density at radius 1 is 1.20 bits per heavy atom. The van der Waals surface area contributed by atoms with Crippen LogP contribution in [0.5, 0.6) is 0 Å². The molecule has 8 nitrogen and oxygen atoms in total. The number of halogens is 1. The Labute approximate surface area is 242 Å². The predicted octanol–water partition coefficient (Wildman–Crippen LogP) is 6.85. The minimum absolute atomic E-state index is 0.00752. The van der Waals surface area contributed by atoms with Crippen molar-refractivity contribution in [2.24, 2.45) is 0 Å². The third-order valence-corrected chi connectivity index (χ3v) is 12.8. The van der Waals surface area contributed by atoms with Gasteiger partial charge < -0.3 is 18.3 Å². The summed E-state index contributed by atoms with van der Waals surface area (Å²) in [5.74, 6) is -0.159. The van der Waals surface area contributed by atoms with Crippen LogP contribution in [0.3, 0.4) is 0 Å². The molecule has 1 aliphatic heterocycles. The second kappa shape index (κ2) is 12.6. The minimum Gasteiger partial charge on any atom is -0.458 e. The maximum atomic E-state index is 13.0. The summed E-state index contributed by atoms with van der Waals surface area (Å²) in [5.41, 5.74) is 1.98. The van der Waals surface area contributed by atoms with Gasteiger partial charge in [-0.1, -0.05) is 64.8 Å². The SMILES string of the molecule is CCCCCc1ccc(-c2cc3cn(C4CC(OC(=O)CCl)C(CO[Si](C)(C)C(C)(C)C)O4)c(=O)nc3o2)cc1. The Morgan fingerprint density at radius 2 is 1.93 bits per heavy atom. The molecule has 3 aromatic rings. The number of fused-ring (bicyclic) bond motifs is 1. The van der Waals surface area contributed by atoms with Crippen LogP contribution in [-0.2, 0) is 25.1 Å². The van der Waals surface area contributed by atoms with Gasteiger partial charge in [0.2, 0.25) is 5.71 Å². The van der Waals surface area contributed by atoms with Crippen molar-refractivity contribution in [1.82, 2.24) is 9.55 Å². The monoisotopic (exact) mass is 588 g/mol. The van der Waals surface area contributed by atoms with E-state index in [9.17, 15) is 9.59 Å². The Hall–Kier alpha value is -2.46. The molecule has 0 spiro atoms. The van der Waals surface area contributed by atoms with Gasteiger partial charge >= 0.3 is 11.7 Å². The average Bonchev–Trinajstić information content (AvgIpc) is 3.50. The van der Waals surface area contributed by atoms with Crippen molar-refractivity contribution in [2.75, 3.05) is 12.5 Å². The summed E-state index contributed by atoms with van der Waals surface area (Å²) in [7, 11) is -2.08. The fraction of sp³-hybridized carbons (Fsp3) is 0.567. The first kappa shape index (κ1) is 30.5. The van der Waals surface area contributed by atoms with Gasteiger partial charge in [-0.15, -0.1) is 11.6 Å². The van der Waals surface area contributed by atoms with Crippen LogP contribution in [-0.4, -0.2) is 48.5 Å². The molecule has 1 aromatic carbocycles. The lowest BCUT2D eigenvalue weighted by Crippen LogP contribution is -2.44. The normalized spacial score (nSPS) is 19.8. The topological polar surface area (TPSA) is 92.8 Å². The first-order valence-corrected chi connectivity index (χ1v) is 17.5. The van der Waals surface area contributed by atoms with E-state index in [-0.39, 0.29) is 29.7 Å². The van der Waals surface area contributed by atoms with E-state index in [4.69, 9.17) is 29.9 Å². The zero-order valence-corrected chi connectivity index (χ0v) is 26.1. The van der Waals surface area contributed by atoms with Gasteiger partial charge in [0.15, 0.2) is 8.32 Å². The van der Waals surface area contributed by atoms with Crippen LogP contribution in [0.25, 0.3) is 22.4 Å². The van der Waals surface area contributed by atoms with Crippen LogP contribution >= 0.6 is 11.6 Å². The molecule has 2 aromatic heterocycles. The molecule has 1 fully saturated rings. The van der Waals surface area contributed by atoms with E-state index in [2.05, 4.69) is 57.9 Å². The van der Waals surface area contributed by atoms with Gasteiger partial charge in [-0.2, -0.15) is 4.98 Å². The molecule has 0 aliphatic carbocycles. The molecule has 40 heavy (non-hydrogen) atoms. The molecule has 218 valence electrons. The quantitative estimate of drug-likeness (QED) is 0.105. The van der Waals surface area contributed by atoms with E-state index in [1.165, 1.54) is 29.4 Å². The number of carbonyl (C=O) groups excluding carboxylic acids is 1. The van der Waals surface area contributed by atoms with Crippen LogP contribution in [0.2, 0.25) is 18.1 Å². The number of aryl methyl sites for hydroxylation is 1. The van der Waals surface area contributed by atoms with Crippen molar-refractivity contribution in [3.63, 3.8) is 0 Å². The van der Waals surface area contributed by atoms with Crippen molar-refractivity contribution in [3.05, 3.63) is 52.6 Å². The summed E-state index contributed by atoms with van der Waals surface area (Å²) in [6.07, 6.45) is 4.82. The van der Waals surface area contributed by atoms with Crippen molar-refractivity contribution in [3.8, 4) is 11.3 Å². The van der Waals surface area contributed by atoms with Crippen molar-refractivity contribution in [2.45, 2.75) is 96.4 Å². The van der Waals surface area contributed by atoms with E-state index in [1.807, 2.05) is 18.2 Å². The predicted molar refractivity (Wildman–Crippen MR) is 159 cm³/mol. The maximum Gasteiger partial charge on any atom is 0.353 e. The summed E-state index contributed by atoms with van der Waals surface area (Å²) >= 11 is 5.71. The zero-order chi connectivity index (χ0) is 29.1. The molecule has 1 saturated heterocycles. The fourth-order valence-corrected chi connectivity index (χ4v) is 5.62. The van der Waals surface area contributed by atoms with E-state index in [1.54, 1.807) is 6.20 Å². The van der Waals surface area contributed by atoms with E-state index >= 15 is 0 Å². The molecule has 3 unspecified atom stereocenters. The Morgan fingerprint density at radius 3 is 2.58 bits per heavy atom. The number of hydrogen-bond donors (Lipinski definition) is 0. The minimum atomic E-state index is -2.08. The molecule has 10 heteroatoms. The summed E-state index contributed by atoms with van der Waals surface area (Å²) in [4.78, 5) is 29.3.